The van der Waals surface area contributed by atoms with Crippen molar-refractivity contribution in [2.75, 3.05) is 7.11 Å². The summed E-state index contributed by atoms with van der Waals surface area (Å²) in [5.74, 6) is -1.96. The molecule has 0 saturated heterocycles. The van der Waals surface area contributed by atoms with Crippen LogP contribution in [0.1, 0.15) is 18.1 Å². The average Bonchev–Trinajstić information content (AvgIpc) is 2.69. The Morgan fingerprint density at radius 3 is 1.97 bits per heavy atom. The molecule has 2 atom stereocenters. The molecule has 0 spiro atoms. The number of methoxy groups -OCH3 is 1. The number of ether oxygens (including phenoxy) is 1. The predicted octanol–water partition coefficient (Wildman–Crippen LogP) is 2.43. The molecule has 2 aromatic carbocycles. The van der Waals surface area contributed by atoms with Crippen LogP contribution in [0.4, 0.5) is 4.39 Å². The van der Waals surface area contributed by atoms with Crippen LogP contribution in [0.25, 0.3) is 0 Å². The van der Waals surface area contributed by atoms with Crippen LogP contribution < -0.4 is 10.6 Å². The number of benzene rings is 2. The molecule has 0 aliphatic heterocycles. The Kier molecular flexibility index (Phi) is 8.15. The van der Waals surface area contributed by atoms with Crippen molar-refractivity contribution in [3.05, 3.63) is 70.5 Å². The lowest BCUT2D eigenvalue weighted by molar-refractivity contribution is -0.145. The van der Waals surface area contributed by atoms with E-state index >= 15 is 0 Å². The average molecular weight is 421 g/mol. The lowest BCUT2D eigenvalue weighted by Gasteiger charge is -2.22. The fourth-order valence-corrected chi connectivity index (χ4v) is 2.90. The van der Waals surface area contributed by atoms with Gasteiger partial charge in [-0.15, -0.1) is 0 Å². The van der Waals surface area contributed by atoms with Gasteiger partial charge in [0.15, 0.2) is 0 Å². The van der Waals surface area contributed by atoms with E-state index in [0.29, 0.717) is 10.6 Å². The molecule has 0 heterocycles. The van der Waals surface area contributed by atoms with Gasteiger partial charge in [-0.1, -0.05) is 35.9 Å². The Labute approximate surface area is 173 Å². The van der Waals surface area contributed by atoms with E-state index in [1.165, 1.54) is 38.3 Å². The highest BCUT2D eigenvalue weighted by Crippen LogP contribution is 2.12. The van der Waals surface area contributed by atoms with Crippen LogP contribution in [0.15, 0.2) is 48.5 Å². The molecule has 2 amide bonds. The normalized spacial score (nSPS) is 12.6. The number of carbonyl (C=O) groups is 3. The fraction of sp³-hybridized carbons (Fsp3) is 0.286. The number of nitrogens with one attached hydrogen (secondary N) is 2. The first kappa shape index (κ1) is 22.4. The maximum atomic E-state index is 13.1. The van der Waals surface area contributed by atoms with Crippen molar-refractivity contribution in [1.82, 2.24) is 10.6 Å². The van der Waals surface area contributed by atoms with E-state index in [9.17, 15) is 18.8 Å². The van der Waals surface area contributed by atoms with Gasteiger partial charge in [-0.25, -0.2) is 9.18 Å². The third-order valence-electron chi connectivity index (χ3n) is 4.20. The summed E-state index contributed by atoms with van der Waals surface area (Å²) >= 11 is 5.87. The van der Waals surface area contributed by atoms with E-state index in [4.69, 9.17) is 16.3 Å². The molecular weight excluding hydrogens is 399 g/mol. The van der Waals surface area contributed by atoms with E-state index in [0.717, 1.165) is 5.56 Å². The number of hydrogen-bond acceptors (Lipinski definition) is 4. The molecule has 0 aliphatic rings. The minimum absolute atomic E-state index is 0.139. The molecule has 2 aromatic rings. The number of halogens is 2. The topological polar surface area (TPSA) is 84.5 Å². The van der Waals surface area contributed by atoms with E-state index in [1.54, 1.807) is 24.3 Å². The molecule has 154 valence electrons. The maximum absolute atomic E-state index is 13.1. The molecule has 0 radical (unpaired) electrons. The van der Waals surface area contributed by atoms with E-state index < -0.39 is 35.7 Å². The van der Waals surface area contributed by atoms with Gasteiger partial charge in [0.2, 0.25) is 11.8 Å². The smallest absolute Gasteiger partial charge is 0.328 e. The lowest BCUT2D eigenvalue weighted by Crippen LogP contribution is -2.53. The minimum atomic E-state index is -0.946. The highest BCUT2D eigenvalue weighted by atomic mass is 35.5. The standard InChI is InChI=1S/C21H22ClFN2O4/c1-13(26)24-18(11-15-5-9-17(23)10-6-15)20(27)25-19(21(28)29-2)12-14-3-7-16(22)8-4-14/h3-10,18-19H,11-12H2,1-2H3,(H,24,26)(H,25,27)/t18-,19-/m0/s1. The van der Waals surface area contributed by atoms with Gasteiger partial charge in [-0.3, -0.25) is 9.59 Å². The second-order valence-electron chi connectivity index (χ2n) is 6.50. The predicted molar refractivity (Wildman–Crippen MR) is 107 cm³/mol. The molecule has 2 N–H and O–H groups in total. The molecule has 29 heavy (non-hydrogen) atoms. The number of amides is 2. The van der Waals surface area contributed by atoms with E-state index in [2.05, 4.69) is 10.6 Å². The molecular formula is C21H22ClFN2O4. The van der Waals surface area contributed by atoms with Crippen LogP contribution in [-0.2, 0) is 32.0 Å². The highest BCUT2D eigenvalue weighted by molar-refractivity contribution is 6.30. The summed E-state index contributed by atoms with van der Waals surface area (Å²) in [6.07, 6.45) is 0.333. The highest BCUT2D eigenvalue weighted by Gasteiger charge is 2.27. The van der Waals surface area contributed by atoms with E-state index in [-0.39, 0.29) is 12.8 Å². The van der Waals surface area contributed by atoms with Crippen molar-refractivity contribution in [3.8, 4) is 0 Å². The summed E-state index contributed by atoms with van der Waals surface area (Å²) in [4.78, 5) is 36.5. The SMILES string of the molecule is COC(=O)[C@H](Cc1ccc(Cl)cc1)NC(=O)[C@H](Cc1ccc(F)cc1)NC(C)=O. The first-order valence-electron chi connectivity index (χ1n) is 8.92. The van der Waals surface area contributed by atoms with Crippen molar-refractivity contribution < 1.29 is 23.5 Å². The summed E-state index contributed by atoms with van der Waals surface area (Å²) in [6, 6.07) is 10.6. The van der Waals surface area contributed by atoms with Gasteiger partial charge in [0.25, 0.3) is 0 Å². The van der Waals surface area contributed by atoms with Gasteiger partial charge in [-0.05, 0) is 35.4 Å². The molecule has 0 aliphatic carbocycles. The fourth-order valence-electron chi connectivity index (χ4n) is 2.77. The largest absolute Gasteiger partial charge is 0.467 e. The zero-order valence-corrected chi connectivity index (χ0v) is 16.8. The van der Waals surface area contributed by atoms with E-state index in [1.807, 2.05) is 0 Å². The molecule has 0 aromatic heterocycles. The van der Waals surface area contributed by atoms with Crippen molar-refractivity contribution in [1.29, 1.82) is 0 Å². The first-order chi connectivity index (χ1) is 13.8. The Bertz CT molecular complexity index is 856. The van der Waals surface area contributed by atoms with Gasteiger partial charge >= 0.3 is 5.97 Å². The molecule has 0 saturated carbocycles. The zero-order valence-electron chi connectivity index (χ0n) is 16.1. The Hall–Kier alpha value is -2.93. The number of hydrogen-bond donors (Lipinski definition) is 2. The third kappa shape index (κ3) is 7.19. The summed E-state index contributed by atoms with van der Waals surface area (Å²) < 4.78 is 17.9. The summed E-state index contributed by atoms with van der Waals surface area (Å²) in [5.41, 5.74) is 1.44. The van der Waals surface area contributed by atoms with Gasteiger partial charge in [0.05, 0.1) is 7.11 Å². The molecule has 0 unspecified atom stereocenters. The Balaban J connectivity index is 2.15. The van der Waals surface area contributed by atoms with Crippen LogP contribution in [0.2, 0.25) is 5.02 Å². The van der Waals surface area contributed by atoms with Crippen LogP contribution in [0.5, 0.6) is 0 Å². The maximum Gasteiger partial charge on any atom is 0.328 e. The number of rotatable bonds is 8. The lowest BCUT2D eigenvalue weighted by atomic mass is 10.0. The monoisotopic (exact) mass is 420 g/mol. The second kappa shape index (κ2) is 10.6. The van der Waals surface area contributed by atoms with Crippen molar-refractivity contribution in [2.24, 2.45) is 0 Å². The van der Waals surface area contributed by atoms with Gasteiger partial charge in [0.1, 0.15) is 17.9 Å². The van der Waals surface area contributed by atoms with Crippen molar-refractivity contribution >= 4 is 29.4 Å². The quantitative estimate of drug-likeness (QED) is 0.642. The van der Waals surface area contributed by atoms with Crippen molar-refractivity contribution in [2.45, 2.75) is 31.8 Å². The molecule has 0 bridgehead atoms. The van der Waals surface area contributed by atoms with Gasteiger partial charge in [0, 0.05) is 24.8 Å². The van der Waals surface area contributed by atoms with Crippen molar-refractivity contribution in [3.63, 3.8) is 0 Å². The number of carbonyl (C=O) groups excluding carboxylic acids is 3. The Morgan fingerprint density at radius 2 is 1.45 bits per heavy atom. The van der Waals surface area contributed by atoms with Gasteiger partial charge < -0.3 is 15.4 Å². The summed E-state index contributed by atoms with van der Waals surface area (Å²) in [7, 11) is 1.23. The van der Waals surface area contributed by atoms with Crippen LogP contribution in [0, 0.1) is 5.82 Å². The zero-order chi connectivity index (χ0) is 21.4. The molecule has 8 heteroatoms. The second-order valence-corrected chi connectivity index (χ2v) is 6.94. The first-order valence-corrected chi connectivity index (χ1v) is 9.30. The number of esters is 1. The summed E-state index contributed by atoms with van der Waals surface area (Å²) in [5, 5.41) is 5.75. The van der Waals surface area contributed by atoms with Crippen LogP contribution in [0.3, 0.4) is 0 Å². The third-order valence-corrected chi connectivity index (χ3v) is 4.45. The van der Waals surface area contributed by atoms with Gasteiger partial charge in [-0.2, -0.15) is 0 Å². The van der Waals surface area contributed by atoms with Crippen LogP contribution in [-0.4, -0.2) is 37.0 Å². The van der Waals surface area contributed by atoms with Crippen LogP contribution >= 0.6 is 11.6 Å². The Morgan fingerprint density at radius 1 is 0.931 bits per heavy atom. The minimum Gasteiger partial charge on any atom is -0.467 e. The molecule has 2 rings (SSSR count). The summed E-state index contributed by atoms with van der Waals surface area (Å²) in [6.45, 7) is 1.29. The molecule has 0 fully saturated rings. The molecule has 6 nitrogen and oxygen atoms in total.